The largest absolute Gasteiger partial charge is 0.313 e. The van der Waals surface area contributed by atoms with Gasteiger partial charge >= 0.3 is 3.98 Å². The molecule has 1 saturated heterocycles. The van der Waals surface area contributed by atoms with Crippen LogP contribution < -0.4 is 30.4 Å². The van der Waals surface area contributed by atoms with E-state index < -0.39 is 6.15 Å². The van der Waals surface area contributed by atoms with Crippen molar-refractivity contribution in [2.24, 2.45) is 0 Å². The summed E-state index contributed by atoms with van der Waals surface area (Å²) in [6, 6.07) is 43.5. The zero-order valence-corrected chi connectivity index (χ0v) is 22.2. The number of rotatable bonds is 4. The highest BCUT2D eigenvalue weighted by molar-refractivity contribution is 7.24. The molecule has 1 aliphatic heterocycles. The standard InChI is InChI=1S/C24H20B.C8H12NS2/c1-5-13-21(14-6-1)25(22-15-7-2-8-16-22,23-17-9-3-10-18-23)24-19-11-4-12-20-24;1-2-4-9(5-3-1)8-10-6-7-11-8/h1-20H;6-7H,1-5H2/q-1;+1. The lowest BCUT2D eigenvalue weighted by molar-refractivity contribution is 0.459. The molecule has 0 bridgehead atoms. The van der Waals surface area contributed by atoms with Gasteiger partial charge in [0.2, 0.25) is 0 Å². The van der Waals surface area contributed by atoms with Gasteiger partial charge in [0.05, 0.1) is 0 Å². The van der Waals surface area contributed by atoms with Crippen molar-refractivity contribution < 1.29 is 0 Å². The van der Waals surface area contributed by atoms with E-state index in [0.29, 0.717) is 0 Å². The van der Waals surface area contributed by atoms with Crippen LogP contribution in [0, 0.1) is 0 Å². The van der Waals surface area contributed by atoms with E-state index in [-0.39, 0.29) is 0 Å². The molecule has 0 spiro atoms. The predicted molar refractivity (Wildman–Crippen MR) is 161 cm³/mol. The minimum Gasteiger partial charge on any atom is -0.212 e. The second-order valence-corrected chi connectivity index (χ2v) is 11.4. The van der Waals surface area contributed by atoms with E-state index in [4.69, 9.17) is 0 Å². The minimum atomic E-state index is -1.22. The predicted octanol–water partition coefficient (Wildman–Crippen LogP) is 4.83. The summed E-state index contributed by atoms with van der Waals surface area (Å²) in [5.74, 6) is 0. The van der Waals surface area contributed by atoms with E-state index in [1.165, 1.54) is 58.2 Å². The molecule has 4 heteroatoms. The Labute approximate surface area is 223 Å². The van der Waals surface area contributed by atoms with E-state index in [1.54, 1.807) is 0 Å². The highest BCUT2D eigenvalue weighted by atomic mass is 32.2. The van der Waals surface area contributed by atoms with Crippen LogP contribution in [0.1, 0.15) is 19.3 Å². The van der Waals surface area contributed by atoms with Crippen molar-refractivity contribution in [1.29, 1.82) is 0 Å². The Hall–Kier alpha value is -3.21. The molecule has 1 nitrogen and oxygen atoms in total. The van der Waals surface area contributed by atoms with Gasteiger partial charge in [0, 0.05) is 23.6 Å². The van der Waals surface area contributed by atoms with Crippen LogP contribution in [0.3, 0.4) is 0 Å². The van der Waals surface area contributed by atoms with Gasteiger partial charge in [-0.25, -0.2) is 4.58 Å². The van der Waals surface area contributed by atoms with Crippen molar-refractivity contribution in [3.05, 3.63) is 136 Å². The van der Waals surface area contributed by atoms with Crippen LogP contribution >= 0.6 is 22.7 Å². The molecule has 1 aromatic heterocycles. The fraction of sp³-hybridized carbons (Fsp3) is 0.156. The molecular weight excluding hydrogens is 473 g/mol. The molecule has 0 aliphatic carbocycles. The van der Waals surface area contributed by atoms with Crippen LogP contribution in [0.25, 0.3) is 0 Å². The third-order valence-electron chi connectivity index (χ3n) is 7.21. The lowest BCUT2D eigenvalue weighted by Gasteiger charge is -2.44. The first-order valence-electron chi connectivity index (χ1n) is 12.9. The molecule has 2 heterocycles. The minimum absolute atomic E-state index is 1.22. The SMILES string of the molecule is c1ccc([B-](c2ccccc2)(c2ccccc2)c2ccccc2)cc1.c1csc(=[N+]2CCCCC2)s1. The van der Waals surface area contributed by atoms with Gasteiger partial charge in [0.1, 0.15) is 19.2 Å². The van der Waals surface area contributed by atoms with Crippen LogP contribution in [0.15, 0.2) is 132 Å². The Kier molecular flexibility index (Phi) is 8.27. The topological polar surface area (TPSA) is 3.01 Å². The maximum absolute atomic E-state index is 2.51. The number of hydrogen-bond donors (Lipinski definition) is 0. The Morgan fingerprint density at radius 3 is 1.11 bits per heavy atom. The van der Waals surface area contributed by atoms with E-state index in [9.17, 15) is 0 Å². The van der Waals surface area contributed by atoms with Gasteiger partial charge in [-0.2, -0.15) is 21.9 Å². The fourth-order valence-corrected chi connectivity index (χ4v) is 7.44. The summed E-state index contributed by atoms with van der Waals surface area (Å²) < 4.78 is 4.00. The maximum Gasteiger partial charge on any atom is 0.313 e. The zero-order chi connectivity index (χ0) is 24.5. The summed E-state index contributed by atoms with van der Waals surface area (Å²) >= 11 is 3.75. The summed E-state index contributed by atoms with van der Waals surface area (Å²) in [7, 11) is 0. The average Bonchev–Trinajstić information content (AvgIpc) is 3.52. The molecule has 0 amide bonds. The third-order valence-corrected chi connectivity index (χ3v) is 9.42. The van der Waals surface area contributed by atoms with Gasteiger partial charge in [-0.1, -0.05) is 144 Å². The van der Waals surface area contributed by atoms with Gasteiger partial charge in [-0.15, -0.1) is 0 Å². The molecule has 6 rings (SSSR count). The summed E-state index contributed by atoms with van der Waals surface area (Å²) in [5, 5.41) is 4.35. The monoisotopic (exact) mass is 505 g/mol. The van der Waals surface area contributed by atoms with E-state index >= 15 is 0 Å². The Morgan fingerprint density at radius 2 is 0.778 bits per heavy atom. The fourth-order valence-electron chi connectivity index (χ4n) is 5.55. The lowest BCUT2D eigenvalue weighted by Crippen LogP contribution is -2.74. The van der Waals surface area contributed by atoms with E-state index in [2.05, 4.69) is 137 Å². The molecule has 1 fully saturated rings. The van der Waals surface area contributed by atoms with Gasteiger partial charge in [0.25, 0.3) is 0 Å². The average molecular weight is 506 g/mol. The summed E-state index contributed by atoms with van der Waals surface area (Å²) in [6.45, 7) is 2.55. The molecule has 4 aromatic carbocycles. The smallest absolute Gasteiger partial charge is 0.212 e. The van der Waals surface area contributed by atoms with Gasteiger partial charge in [-0.05, 0) is 6.42 Å². The lowest BCUT2D eigenvalue weighted by atomic mass is 9.13. The number of benzene rings is 4. The number of nitrogens with zero attached hydrogens (tertiary/aromatic N) is 1. The van der Waals surface area contributed by atoms with Crippen molar-refractivity contribution in [3.8, 4) is 0 Å². The first-order chi connectivity index (χ1) is 17.9. The van der Waals surface area contributed by atoms with Crippen LogP contribution in [-0.4, -0.2) is 19.2 Å². The summed E-state index contributed by atoms with van der Waals surface area (Å²) in [4.78, 5) is 0. The van der Waals surface area contributed by atoms with Crippen molar-refractivity contribution in [3.63, 3.8) is 0 Å². The molecule has 1 aliphatic rings. The molecule has 0 radical (unpaired) electrons. The molecule has 5 aromatic rings. The Bertz CT molecular complexity index is 1210. The first-order valence-corrected chi connectivity index (χ1v) is 14.6. The van der Waals surface area contributed by atoms with Crippen molar-refractivity contribution >= 4 is 50.7 Å². The van der Waals surface area contributed by atoms with Gasteiger partial charge in [0.15, 0.2) is 0 Å². The zero-order valence-electron chi connectivity index (χ0n) is 20.6. The quantitative estimate of drug-likeness (QED) is 0.243. The first kappa shape index (κ1) is 24.5. The molecule has 0 saturated carbocycles. The van der Waals surface area contributed by atoms with Crippen LogP contribution in [0.2, 0.25) is 0 Å². The van der Waals surface area contributed by atoms with Crippen molar-refractivity contribution in [1.82, 2.24) is 4.58 Å². The number of hydrogen-bond acceptors (Lipinski definition) is 2. The molecule has 36 heavy (non-hydrogen) atoms. The summed E-state index contributed by atoms with van der Waals surface area (Å²) in [5.41, 5.74) is 5.36. The highest BCUT2D eigenvalue weighted by Crippen LogP contribution is 2.09. The maximum atomic E-state index is 2.51. The Morgan fingerprint density at radius 1 is 0.444 bits per heavy atom. The van der Waals surface area contributed by atoms with Gasteiger partial charge < -0.3 is 0 Å². The van der Waals surface area contributed by atoms with Crippen molar-refractivity contribution in [2.75, 3.05) is 13.1 Å². The molecule has 0 atom stereocenters. The summed E-state index contributed by atoms with van der Waals surface area (Å²) in [6.07, 6.45) is 2.97. The normalized spacial score (nSPS) is 13.5. The molecule has 0 N–H and O–H groups in total. The molecule has 0 unspecified atom stereocenters. The van der Waals surface area contributed by atoms with Crippen LogP contribution in [0.4, 0.5) is 0 Å². The van der Waals surface area contributed by atoms with Gasteiger partial charge in [-0.3, -0.25) is 0 Å². The number of piperidine rings is 1. The van der Waals surface area contributed by atoms with E-state index in [0.717, 1.165) is 0 Å². The van der Waals surface area contributed by atoms with Crippen LogP contribution in [-0.2, 0) is 0 Å². The highest BCUT2D eigenvalue weighted by Gasteiger charge is 2.31. The van der Waals surface area contributed by atoms with Crippen LogP contribution in [0.5, 0.6) is 0 Å². The Balaban J connectivity index is 0.000000202. The second kappa shape index (κ2) is 12.2. The second-order valence-electron chi connectivity index (χ2n) is 9.33. The van der Waals surface area contributed by atoms with Crippen molar-refractivity contribution in [2.45, 2.75) is 19.3 Å². The third kappa shape index (κ3) is 5.30. The molecule has 180 valence electrons. The molecular formula is C32H32BNS2. The van der Waals surface area contributed by atoms with E-state index in [1.807, 2.05) is 22.7 Å².